The lowest BCUT2D eigenvalue weighted by Gasteiger charge is -2.07. The number of hydrogen-bond acceptors (Lipinski definition) is 2. The molecule has 0 atom stereocenters. The summed E-state index contributed by atoms with van der Waals surface area (Å²) in [6.45, 7) is 5.04. The minimum absolute atomic E-state index is 0.0244. The van der Waals surface area contributed by atoms with Crippen molar-refractivity contribution in [1.29, 1.82) is 0 Å². The molecule has 0 spiro atoms. The zero-order chi connectivity index (χ0) is 18.3. The molecule has 0 heterocycles. The van der Waals surface area contributed by atoms with Gasteiger partial charge in [-0.05, 0) is 24.0 Å². The molecular formula is C22H34O3. The van der Waals surface area contributed by atoms with Gasteiger partial charge in [-0.1, -0.05) is 95.5 Å². The first-order valence-corrected chi connectivity index (χ1v) is 9.72. The number of carbonyl (C=O) groups is 1. The molecule has 1 aromatic carbocycles. The number of aliphatic carboxylic acids is 1. The van der Waals surface area contributed by atoms with Crippen LogP contribution >= 0.6 is 0 Å². The standard InChI is InChI=1S/C22H34O3/c1-19(2)14-10-7-5-3-4-6-8-13-17-25-21(22(23)24)18-20-15-11-9-12-16-20/h9,11-12,15-16,18-19H,3-8,10,13-14,17H2,1-2H3,(H,23,24). The Bertz CT molecular complexity index is 491. The molecule has 1 N–H and O–H groups in total. The van der Waals surface area contributed by atoms with Crippen LogP contribution in [0.25, 0.3) is 6.08 Å². The van der Waals surface area contributed by atoms with E-state index >= 15 is 0 Å². The maximum absolute atomic E-state index is 11.2. The van der Waals surface area contributed by atoms with Gasteiger partial charge in [0, 0.05) is 0 Å². The second-order valence-corrected chi connectivity index (χ2v) is 7.08. The van der Waals surface area contributed by atoms with Crippen LogP contribution in [-0.4, -0.2) is 17.7 Å². The Hall–Kier alpha value is -1.77. The van der Waals surface area contributed by atoms with Gasteiger partial charge in [-0.25, -0.2) is 4.79 Å². The van der Waals surface area contributed by atoms with Crippen molar-refractivity contribution >= 4 is 12.0 Å². The number of benzene rings is 1. The highest BCUT2D eigenvalue weighted by atomic mass is 16.5. The van der Waals surface area contributed by atoms with Gasteiger partial charge in [-0.15, -0.1) is 0 Å². The second-order valence-electron chi connectivity index (χ2n) is 7.08. The highest BCUT2D eigenvalue weighted by Crippen LogP contribution is 2.13. The lowest BCUT2D eigenvalue weighted by Crippen LogP contribution is -2.06. The van der Waals surface area contributed by atoms with Crippen LogP contribution < -0.4 is 0 Å². The topological polar surface area (TPSA) is 46.5 Å². The minimum atomic E-state index is -1.01. The molecule has 0 bridgehead atoms. The zero-order valence-corrected chi connectivity index (χ0v) is 15.9. The van der Waals surface area contributed by atoms with E-state index in [2.05, 4.69) is 13.8 Å². The molecule has 3 nitrogen and oxygen atoms in total. The second kappa shape index (κ2) is 13.5. The predicted octanol–water partition coefficient (Wildman–Crippen LogP) is 6.30. The van der Waals surface area contributed by atoms with Crippen LogP contribution in [-0.2, 0) is 9.53 Å². The van der Waals surface area contributed by atoms with Crippen molar-refractivity contribution in [2.24, 2.45) is 5.92 Å². The van der Waals surface area contributed by atoms with Gasteiger partial charge in [0.2, 0.25) is 5.76 Å². The highest BCUT2D eigenvalue weighted by Gasteiger charge is 2.08. The first kappa shape index (κ1) is 21.3. The molecule has 0 amide bonds. The van der Waals surface area contributed by atoms with Crippen LogP contribution in [0.3, 0.4) is 0 Å². The van der Waals surface area contributed by atoms with Crippen molar-refractivity contribution in [1.82, 2.24) is 0 Å². The van der Waals surface area contributed by atoms with Crippen LogP contribution in [0.2, 0.25) is 0 Å². The predicted molar refractivity (Wildman–Crippen MR) is 104 cm³/mol. The average Bonchev–Trinajstić information content (AvgIpc) is 2.59. The van der Waals surface area contributed by atoms with E-state index in [1.807, 2.05) is 30.3 Å². The Morgan fingerprint density at radius 1 is 0.960 bits per heavy atom. The summed E-state index contributed by atoms with van der Waals surface area (Å²) >= 11 is 0. The smallest absolute Gasteiger partial charge is 0.371 e. The molecule has 1 aromatic rings. The van der Waals surface area contributed by atoms with E-state index in [-0.39, 0.29) is 5.76 Å². The number of unbranched alkanes of at least 4 members (excludes halogenated alkanes) is 7. The Labute approximate surface area is 153 Å². The summed E-state index contributed by atoms with van der Waals surface area (Å²) in [5.41, 5.74) is 0.845. The molecule has 0 aliphatic rings. The van der Waals surface area contributed by atoms with Gasteiger partial charge in [-0.2, -0.15) is 0 Å². The maximum atomic E-state index is 11.2. The zero-order valence-electron chi connectivity index (χ0n) is 15.9. The lowest BCUT2D eigenvalue weighted by molar-refractivity contribution is -0.136. The molecule has 0 saturated heterocycles. The molecule has 0 radical (unpaired) electrons. The van der Waals surface area contributed by atoms with Crippen molar-refractivity contribution in [2.45, 2.75) is 71.6 Å². The summed E-state index contributed by atoms with van der Waals surface area (Å²) in [5, 5.41) is 9.22. The fourth-order valence-electron chi connectivity index (χ4n) is 2.76. The van der Waals surface area contributed by atoms with Gasteiger partial charge in [0.15, 0.2) is 0 Å². The summed E-state index contributed by atoms with van der Waals surface area (Å²) in [6.07, 6.45) is 12.8. The summed E-state index contributed by atoms with van der Waals surface area (Å²) in [7, 11) is 0. The van der Waals surface area contributed by atoms with Crippen molar-refractivity contribution in [3.05, 3.63) is 41.7 Å². The van der Waals surface area contributed by atoms with Gasteiger partial charge in [0.1, 0.15) is 0 Å². The molecule has 0 unspecified atom stereocenters. The molecule has 1 rings (SSSR count). The normalized spacial score (nSPS) is 11.7. The summed E-state index contributed by atoms with van der Waals surface area (Å²) in [6, 6.07) is 9.41. The molecule has 3 heteroatoms. The lowest BCUT2D eigenvalue weighted by atomic mass is 10.0. The monoisotopic (exact) mass is 346 g/mol. The number of ether oxygens (including phenoxy) is 1. The fraction of sp³-hybridized carbons (Fsp3) is 0.591. The van der Waals surface area contributed by atoms with Crippen molar-refractivity contribution < 1.29 is 14.6 Å². The van der Waals surface area contributed by atoms with Crippen molar-refractivity contribution in [3.63, 3.8) is 0 Å². The fourth-order valence-corrected chi connectivity index (χ4v) is 2.76. The minimum Gasteiger partial charge on any atom is -0.487 e. The summed E-state index contributed by atoms with van der Waals surface area (Å²) in [5.74, 6) is -0.159. The van der Waals surface area contributed by atoms with E-state index < -0.39 is 5.97 Å². The van der Waals surface area contributed by atoms with E-state index in [9.17, 15) is 9.90 Å². The molecule has 0 saturated carbocycles. The van der Waals surface area contributed by atoms with Gasteiger partial charge < -0.3 is 9.84 Å². The molecule has 25 heavy (non-hydrogen) atoms. The Morgan fingerprint density at radius 3 is 2.08 bits per heavy atom. The quantitative estimate of drug-likeness (QED) is 0.244. The first-order valence-electron chi connectivity index (χ1n) is 9.72. The van der Waals surface area contributed by atoms with E-state index in [1.165, 1.54) is 44.9 Å². The Kier molecular flexibility index (Phi) is 11.5. The van der Waals surface area contributed by atoms with Crippen molar-refractivity contribution in [3.8, 4) is 0 Å². The molecule has 0 aliphatic heterocycles. The van der Waals surface area contributed by atoms with E-state index in [0.717, 1.165) is 24.3 Å². The Balaban J connectivity index is 2.07. The van der Waals surface area contributed by atoms with Crippen LogP contribution in [0, 0.1) is 5.92 Å². The maximum Gasteiger partial charge on any atom is 0.371 e. The number of carboxylic acid groups (broad SMARTS) is 1. The number of carboxylic acids is 1. The summed E-state index contributed by atoms with van der Waals surface area (Å²) < 4.78 is 5.45. The van der Waals surface area contributed by atoms with Crippen LogP contribution in [0.15, 0.2) is 36.1 Å². The van der Waals surface area contributed by atoms with Crippen LogP contribution in [0.1, 0.15) is 77.2 Å². The third-order valence-electron chi connectivity index (χ3n) is 4.24. The van der Waals surface area contributed by atoms with E-state index in [1.54, 1.807) is 6.08 Å². The first-order chi connectivity index (χ1) is 12.1. The van der Waals surface area contributed by atoms with Crippen molar-refractivity contribution in [2.75, 3.05) is 6.61 Å². The van der Waals surface area contributed by atoms with Gasteiger partial charge in [0.25, 0.3) is 0 Å². The SMILES string of the molecule is CC(C)CCCCCCCCCCOC(=Cc1ccccc1)C(=O)O. The molecule has 0 aromatic heterocycles. The highest BCUT2D eigenvalue weighted by molar-refractivity contribution is 5.89. The van der Waals surface area contributed by atoms with Gasteiger partial charge in [-0.3, -0.25) is 0 Å². The molecule has 140 valence electrons. The largest absolute Gasteiger partial charge is 0.487 e. The molecule has 0 fully saturated rings. The summed E-state index contributed by atoms with van der Waals surface area (Å²) in [4.78, 5) is 11.2. The van der Waals surface area contributed by atoms with Crippen LogP contribution in [0.5, 0.6) is 0 Å². The third kappa shape index (κ3) is 11.4. The molecule has 0 aliphatic carbocycles. The average molecular weight is 347 g/mol. The third-order valence-corrected chi connectivity index (χ3v) is 4.24. The van der Waals surface area contributed by atoms with Crippen LogP contribution in [0.4, 0.5) is 0 Å². The van der Waals surface area contributed by atoms with E-state index in [4.69, 9.17) is 4.74 Å². The van der Waals surface area contributed by atoms with E-state index in [0.29, 0.717) is 6.61 Å². The van der Waals surface area contributed by atoms with Gasteiger partial charge >= 0.3 is 5.97 Å². The van der Waals surface area contributed by atoms with Gasteiger partial charge in [0.05, 0.1) is 6.61 Å². The number of rotatable bonds is 14. The number of hydrogen-bond donors (Lipinski definition) is 1. The molecular weight excluding hydrogens is 312 g/mol. The Morgan fingerprint density at radius 2 is 1.52 bits per heavy atom.